The van der Waals surface area contributed by atoms with Crippen LogP contribution in [-0.2, 0) is 0 Å². The molecule has 1 fully saturated rings. The van der Waals surface area contributed by atoms with Gasteiger partial charge in [0.2, 0.25) is 0 Å². The van der Waals surface area contributed by atoms with Crippen molar-refractivity contribution in [1.82, 2.24) is 0 Å². The van der Waals surface area contributed by atoms with Gasteiger partial charge in [-0.05, 0) is 38.2 Å². The third-order valence-corrected chi connectivity index (χ3v) is 1.98. The second-order valence-corrected chi connectivity index (χ2v) is 3.20. The normalized spacial score (nSPS) is 19.3. The van der Waals surface area contributed by atoms with Crippen molar-refractivity contribution < 1.29 is 0 Å². The van der Waals surface area contributed by atoms with Gasteiger partial charge in [-0.15, -0.1) is 0 Å². The first kappa shape index (κ1) is 8.32. The predicted octanol–water partition coefficient (Wildman–Crippen LogP) is 3.48. The molecule has 60 valence electrons. The highest BCUT2D eigenvalue weighted by Gasteiger charge is 2.25. The van der Waals surface area contributed by atoms with E-state index in [-0.39, 0.29) is 0 Å². The number of allylic oxidation sites excluding steroid dienone is 5. The maximum atomic E-state index is 3.97. The smallest absolute Gasteiger partial charge is 0.0159 e. The average molecular weight is 148 g/mol. The summed E-state index contributed by atoms with van der Waals surface area (Å²) in [4.78, 5) is 0. The van der Waals surface area contributed by atoms with Gasteiger partial charge in [0, 0.05) is 0 Å². The Morgan fingerprint density at radius 3 is 2.45 bits per heavy atom. The number of hydrogen-bond donors (Lipinski definition) is 0. The lowest BCUT2D eigenvalue weighted by molar-refractivity contribution is 1.02. The lowest BCUT2D eigenvalue weighted by atomic mass is 10.0. The zero-order valence-electron chi connectivity index (χ0n) is 7.43. The second-order valence-electron chi connectivity index (χ2n) is 3.20. The van der Waals surface area contributed by atoms with E-state index in [1.165, 1.54) is 24.0 Å². The summed E-state index contributed by atoms with van der Waals surface area (Å²) in [5.74, 6) is 0.823. The summed E-state index contributed by atoms with van der Waals surface area (Å²) in [6.45, 7) is 8.10. The molecular formula is C11H16. The lowest BCUT2D eigenvalue weighted by Crippen LogP contribution is -1.85. The van der Waals surface area contributed by atoms with Gasteiger partial charge in [0.15, 0.2) is 0 Å². The van der Waals surface area contributed by atoms with Gasteiger partial charge in [-0.25, -0.2) is 0 Å². The Balaban J connectivity index is 2.65. The first-order chi connectivity index (χ1) is 5.25. The van der Waals surface area contributed by atoms with Crippen LogP contribution in [0.15, 0.2) is 36.0 Å². The largest absolute Gasteiger partial charge is 0.0958 e. The molecular weight excluding hydrogens is 132 g/mol. The molecule has 0 bridgehead atoms. The summed E-state index contributed by atoms with van der Waals surface area (Å²) in [6.07, 6.45) is 9.07. The molecule has 0 atom stereocenters. The van der Waals surface area contributed by atoms with Crippen LogP contribution in [0.25, 0.3) is 0 Å². The fourth-order valence-corrected chi connectivity index (χ4v) is 1.22. The molecule has 0 aliphatic heterocycles. The van der Waals surface area contributed by atoms with E-state index in [2.05, 4.69) is 31.7 Å². The van der Waals surface area contributed by atoms with Crippen molar-refractivity contribution in [3.8, 4) is 0 Å². The van der Waals surface area contributed by atoms with Crippen LogP contribution in [-0.4, -0.2) is 0 Å². The van der Waals surface area contributed by atoms with Gasteiger partial charge in [0.05, 0.1) is 0 Å². The van der Waals surface area contributed by atoms with E-state index in [1.54, 1.807) is 0 Å². The van der Waals surface area contributed by atoms with E-state index in [4.69, 9.17) is 0 Å². The molecule has 0 spiro atoms. The quantitative estimate of drug-likeness (QED) is 0.537. The fourth-order valence-electron chi connectivity index (χ4n) is 1.22. The van der Waals surface area contributed by atoms with Crippen molar-refractivity contribution >= 4 is 0 Å². The Bertz CT molecular complexity index is 202. The van der Waals surface area contributed by atoms with E-state index in [0.717, 1.165) is 5.92 Å². The molecule has 1 aliphatic carbocycles. The van der Waals surface area contributed by atoms with Gasteiger partial charge in [-0.2, -0.15) is 0 Å². The second kappa shape index (κ2) is 3.56. The summed E-state index contributed by atoms with van der Waals surface area (Å²) in [6, 6.07) is 0. The minimum absolute atomic E-state index is 0.823. The molecule has 0 radical (unpaired) electrons. The number of hydrogen-bond acceptors (Lipinski definition) is 0. The topological polar surface area (TPSA) is 0 Å². The maximum Gasteiger partial charge on any atom is -0.0159 e. The van der Waals surface area contributed by atoms with Gasteiger partial charge in [0.25, 0.3) is 0 Å². The molecule has 0 amide bonds. The summed E-state index contributed by atoms with van der Waals surface area (Å²) >= 11 is 0. The van der Waals surface area contributed by atoms with Gasteiger partial charge in [-0.1, -0.05) is 30.4 Å². The van der Waals surface area contributed by atoms with Crippen molar-refractivity contribution in [2.75, 3.05) is 0 Å². The lowest BCUT2D eigenvalue weighted by Gasteiger charge is -2.01. The van der Waals surface area contributed by atoms with Crippen molar-refractivity contribution in [3.05, 3.63) is 36.0 Å². The maximum absolute atomic E-state index is 3.97. The van der Waals surface area contributed by atoms with Crippen LogP contribution in [0.3, 0.4) is 0 Å². The van der Waals surface area contributed by atoms with Gasteiger partial charge in [0.1, 0.15) is 0 Å². The van der Waals surface area contributed by atoms with Crippen LogP contribution in [0.4, 0.5) is 0 Å². The highest BCUT2D eigenvalue weighted by molar-refractivity contribution is 5.34. The summed E-state index contributed by atoms with van der Waals surface area (Å²) < 4.78 is 0. The minimum atomic E-state index is 0.823. The monoisotopic (exact) mass is 148 g/mol. The third-order valence-electron chi connectivity index (χ3n) is 1.98. The van der Waals surface area contributed by atoms with Crippen LogP contribution in [0, 0.1) is 5.92 Å². The van der Waals surface area contributed by atoms with Crippen LogP contribution in [0.5, 0.6) is 0 Å². The van der Waals surface area contributed by atoms with E-state index in [1.807, 2.05) is 6.92 Å². The van der Waals surface area contributed by atoms with Crippen molar-refractivity contribution in [2.45, 2.75) is 26.7 Å². The molecule has 0 aromatic carbocycles. The first-order valence-corrected chi connectivity index (χ1v) is 4.24. The molecule has 0 aromatic rings. The average Bonchev–Trinajstić information content (AvgIpc) is 2.71. The molecule has 1 saturated carbocycles. The highest BCUT2D eigenvalue weighted by atomic mass is 14.3. The minimum Gasteiger partial charge on any atom is -0.0958 e. The molecule has 1 aliphatic rings. The van der Waals surface area contributed by atoms with Crippen molar-refractivity contribution in [1.29, 1.82) is 0 Å². The molecule has 0 heteroatoms. The van der Waals surface area contributed by atoms with Crippen LogP contribution in [0.1, 0.15) is 26.7 Å². The summed E-state index contributed by atoms with van der Waals surface area (Å²) in [5, 5.41) is 0. The zero-order chi connectivity index (χ0) is 8.27. The predicted molar refractivity (Wildman–Crippen MR) is 50.4 cm³/mol. The van der Waals surface area contributed by atoms with Crippen molar-refractivity contribution in [2.24, 2.45) is 5.92 Å². The summed E-state index contributed by atoms with van der Waals surface area (Å²) in [7, 11) is 0. The first-order valence-electron chi connectivity index (χ1n) is 4.24. The molecule has 0 aromatic heterocycles. The Labute approximate surface area is 69.3 Å². The third kappa shape index (κ3) is 2.38. The Kier molecular flexibility index (Phi) is 2.70. The standard InChI is InChI=1S/C11H16/c1-4-5-6-11(9(2)3)10-7-8-10/h4-6,10H,2,7-8H2,1,3H3. The van der Waals surface area contributed by atoms with Crippen molar-refractivity contribution in [3.63, 3.8) is 0 Å². The molecule has 0 saturated heterocycles. The Hall–Kier alpha value is -0.780. The fraction of sp³-hybridized carbons (Fsp3) is 0.455. The van der Waals surface area contributed by atoms with E-state index < -0.39 is 0 Å². The van der Waals surface area contributed by atoms with Crippen LogP contribution >= 0.6 is 0 Å². The Morgan fingerprint density at radius 2 is 2.09 bits per heavy atom. The van der Waals surface area contributed by atoms with Crippen LogP contribution in [0.2, 0.25) is 0 Å². The number of rotatable bonds is 3. The molecule has 0 N–H and O–H groups in total. The molecule has 0 unspecified atom stereocenters. The van der Waals surface area contributed by atoms with Gasteiger partial charge < -0.3 is 0 Å². The van der Waals surface area contributed by atoms with Gasteiger partial charge in [-0.3, -0.25) is 0 Å². The highest BCUT2D eigenvalue weighted by Crippen LogP contribution is 2.39. The van der Waals surface area contributed by atoms with E-state index in [9.17, 15) is 0 Å². The van der Waals surface area contributed by atoms with Crippen LogP contribution < -0.4 is 0 Å². The molecule has 0 nitrogen and oxygen atoms in total. The molecule has 1 rings (SSSR count). The van der Waals surface area contributed by atoms with E-state index >= 15 is 0 Å². The van der Waals surface area contributed by atoms with Gasteiger partial charge >= 0.3 is 0 Å². The Morgan fingerprint density at radius 1 is 1.45 bits per heavy atom. The zero-order valence-corrected chi connectivity index (χ0v) is 7.43. The SMILES string of the molecule is C=C(C)C(=CC=CC)C1CC1. The molecule has 0 heterocycles. The molecule has 11 heavy (non-hydrogen) atoms. The summed E-state index contributed by atoms with van der Waals surface area (Å²) in [5.41, 5.74) is 2.67. The van der Waals surface area contributed by atoms with E-state index in [0.29, 0.717) is 0 Å².